The van der Waals surface area contributed by atoms with Gasteiger partial charge in [0.25, 0.3) is 0 Å². The monoisotopic (exact) mass is 500 g/mol. The molecule has 0 aliphatic carbocycles. The summed E-state index contributed by atoms with van der Waals surface area (Å²) in [7, 11) is 1.00. The Morgan fingerprint density at radius 1 is 1.09 bits per heavy atom. The smallest absolute Gasteiger partial charge is 0.464 e. The third kappa shape index (κ3) is 8.01. The molecule has 1 aliphatic rings. The van der Waals surface area contributed by atoms with E-state index >= 15 is 0 Å². The van der Waals surface area contributed by atoms with Gasteiger partial charge < -0.3 is 19.1 Å². The molecular formula is C23H27F3N2O7. The van der Waals surface area contributed by atoms with Crippen LogP contribution in [-0.4, -0.2) is 59.8 Å². The minimum atomic E-state index is -5.29. The number of ether oxygens (including phenoxy) is 3. The van der Waals surface area contributed by atoms with E-state index in [-0.39, 0.29) is 19.4 Å². The number of nitrogens with one attached hydrogen (secondary N) is 1. The molecule has 0 aromatic heterocycles. The van der Waals surface area contributed by atoms with Crippen LogP contribution in [0.3, 0.4) is 0 Å². The fourth-order valence-corrected chi connectivity index (χ4v) is 3.37. The number of alkyl carbamates (subject to hydrolysis) is 1. The Labute approximate surface area is 200 Å². The molecule has 9 nitrogen and oxygen atoms in total. The summed E-state index contributed by atoms with van der Waals surface area (Å²) < 4.78 is 54.8. The van der Waals surface area contributed by atoms with Crippen LogP contribution in [0, 0.1) is 0 Å². The fourth-order valence-electron chi connectivity index (χ4n) is 3.37. The van der Waals surface area contributed by atoms with Crippen molar-refractivity contribution in [2.45, 2.75) is 64.1 Å². The second-order valence-electron chi connectivity index (χ2n) is 8.66. The lowest BCUT2D eigenvalue weighted by molar-refractivity contribution is -0.191. The topological polar surface area (TPSA) is 111 Å². The van der Waals surface area contributed by atoms with Crippen LogP contribution in [0.4, 0.5) is 18.0 Å². The van der Waals surface area contributed by atoms with Gasteiger partial charge in [-0.2, -0.15) is 13.2 Å². The quantitative estimate of drug-likeness (QED) is 0.363. The number of benzene rings is 1. The number of amides is 2. The van der Waals surface area contributed by atoms with Crippen LogP contribution in [0.15, 0.2) is 42.1 Å². The second-order valence-corrected chi connectivity index (χ2v) is 8.66. The average Bonchev–Trinajstić information content (AvgIpc) is 3.18. The van der Waals surface area contributed by atoms with Crippen LogP contribution < -0.4 is 5.32 Å². The zero-order valence-corrected chi connectivity index (χ0v) is 19.7. The summed E-state index contributed by atoms with van der Waals surface area (Å²) in [5, 5.41) is 2.14. The molecule has 1 heterocycles. The summed E-state index contributed by atoms with van der Waals surface area (Å²) in [6.07, 6.45) is -5.67. The van der Waals surface area contributed by atoms with Gasteiger partial charge in [0.15, 0.2) is 0 Å². The van der Waals surface area contributed by atoms with Gasteiger partial charge in [-0.15, -0.1) is 0 Å². The highest BCUT2D eigenvalue weighted by atomic mass is 19.4. The Balaban J connectivity index is 2.28. The largest absolute Gasteiger partial charge is 0.471 e. The number of halogens is 3. The van der Waals surface area contributed by atoms with Gasteiger partial charge in [-0.3, -0.25) is 10.1 Å². The zero-order valence-electron chi connectivity index (χ0n) is 19.7. The second kappa shape index (κ2) is 11.2. The number of hydrogen-bond acceptors (Lipinski definition) is 7. The van der Waals surface area contributed by atoms with Crippen molar-refractivity contribution in [2.24, 2.45) is 0 Å². The number of rotatable bonds is 6. The van der Waals surface area contributed by atoms with Crippen LogP contribution in [0.25, 0.3) is 0 Å². The number of alkyl halides is 3. The van der Waals surface area contributed by atoms with Crippen molar-refractivity contribution < 1.29 is 46.6 Å². The summed E-state index contributed by atoms with van der Waals surface area (Å²) in [5.74, 6) is -4.37. The van der Waals surface area contributed by atoms with E-state index in [4.69, 9.17) is 9.47 Å². The number of esters is 2. The minimum Gasteiger partial charge on any atom is -0.464 e. The summed E-state index contributed by atoms with van der Waals surface area (Å²) in [4.78, 5) is 49.5. The lowest BCUT2D eigenvalue weighted by Gasteiger charge is -2.30. The predicted molar refractivity (Wildman–Crippen MR) is 115 cm³/mol. The maximum Gasteiger partial charge on any atom is 0.471 e. The van der Waals surface area contributed by atoms with Crippen molar-refractivity contribution in [3.63, 3.8) is 0 Å². The average molecular weight is 500 g/mol. The molecule has 0 unspecified atom stereocenters. The van der Waals surface area contributed by atoms with Crippen molar-refractivity contribution in [1.29, 1.82) is 0 Å². The van der Waals surface area contributed by atoms with Gasteiger partial charge in [-0.25, -0.2) is 14.4 Å². The molecule has 2 rings (SSSR count). The number of likely N-dealkylation sites (tertiary alicyclic amines) is 1. The molecule has 1 aromatic carbocycles. The SMILES string of the molecule is COC(=O)/C(=C\[C@H]1CC[C@@H](C(=O)OC(C)(C)C)N1C(=O)C(F)(F)F)NC(=O)OCc1ccccc1. The number of carbonyl (C=O) groups excluding carboxylic acids is 4. The van der Waals surface area contributed by atoms with Gasteiger partial charge in [0.1, 0.15) is 23.9 Å². The summed E-state index contributed by atoms with van der Waals surface area (Å²) in [6, 6.07) is 5.72. The van der Waals surface area contributed by atoms with Gasteiger partial charge in [0, 0.05) is 0 Å². The first-order chi connectivity index (χ1) is 16.2. The van der Waals surface area contributed by atoms with Gasteiger partial charge in [-0.1, -0.05) is 30.3 Å². The van der Waals surface area contributed by atoms with Crippen LogP contribution in [0.5, 0.6) is 0 Å². The highest BCUT2D eigenvalue weighted by Crippen LogP contribution is 2.32. The first-order valence-electron chi connectivity index (χ1n) is 10.6. The highest BCUT2D eigenvalue weighted by molar-refractivity contribution is 5.93. The van der Waals surface area contributed by atoms with E-state index in [9.17, 15) is 32.3 Å². The molecule has 1 aliphatic heterocycles. The lowest BCUT2D eigenvalue weighted by Crippen LogP contribution is -2.51. The van der Waals surface area contributed by atoms with Crippen molar-refractivity contribution in [2.75, 3.05) is 7.11 Å². The molecule has 2 atom stereocenters. The molecule has 192 valence electrons. The fraction of sp³-hybridized carbons (Fsp3) is 0.478. The van der Waals surface area contributed by atoms with Gasteiger partial charge in [-0.05, 0) is 45.3 Å². The summed E-state index contributed by atoms with van der Waals surface area (Å²) in [5.41, 5.74) is -0.885. The van der Waals surface area contributed by atoms with E-state index in [1.165, 1.54) is 20.8 Å². The molecule has 1 fully saturated rings. The number of hydrogen-bond donors (Lipinski definition) is 1. The van der Waals surface area contributed by atoms with E-state index < -0.39 is 53.5 Å². The maximum atomic E-state index is 13.3. The third-order valence-corrected chi connectivity index (χ3v) is 4.80. The lowest BCUT2D eigenvalue weighted by atomic mass is 10.1. The van der Waals surface area contributed by atoms with E-state index in [0.717, 1.165) is 13.2 Å². The molecule has 1 saturated heterocycles. The van der Waals surface area contributed by atoms with Crippen molar-refractivity contribution in [1.82, 2.24) is 10.2 Å². The Morgan fingerprint density at radius 3 is 2.26 bits per heavy atom. The molecule has 0 spiro atoms. The Kier molecular flexibility index (Phi) is 8.88. The maximum absolute atomic E-state index is 13.3. The van der Waals surface area contributed by atoms with Gasteiger partial charge >= 0.3 is 30.1 Å². The van der Waals surface area contributed by atoms with Gasteiger partial charge in [0.05, 0.1) is 13.2 Å². The number of methoxy groups -OCH3 is 1. The predicted octanol–water partition coefficient (Wildman–Crippen LogP) is 3.23. The first-order valence-corrected chi connectivity index (χ1v) is 10.6. The van der Waals surface area contributed by atoms with Crippen molar-refractivity contribution >= 4 is 23.9 Å². The number of carbonyl (C=O) groups is 4. The normalized spacial score (nSPS) is 18.6. The molecule has 35 heavy (non-hydrogen) atoms. The summed E-state index contributed by atoms with van der Waals surface area (Å²) in [6.45, 7) is 4.47. The highest BCUT2D eigenvalue weighted by Gasteiger charge is 2.51. The van der Waals surface area contributed by atoms with Gasteiger partial charge in [0.2, 0.25) is 0 Å². The Morgan fingerprint density at radius 2 is 1.71 bits per heavy atom. The molecular weight excluding hydrogens is 473 g/mol. The molecule has 12 heteroatoms. The van der Waals surface area contributed by atoms with E-state index in [1.807, 2.05) is 0 Å². The molecule has 0 radical (unpaired) electrons. The van der Waals surface area contributed by atoms with Crippen LogP contribution >= 0.6 is 0 Å². The molecule has 1 aromatic rings. The third-order valence-electron chi connectivity index (χ3n) is 4.80. The minimum absolute atomic E-state index is 0.104. The standard InChI is InChI=1S/C23H27F3N2O7/c1-22(2,3)35-19(30)17-11-10-15(28(17)20(31)23(24,25)26)12-16(18(29)33-4)27-21(32)34-13-14-8-6-5-7-9-14/h5-9,12,15,17H,10-11,13H2,1-4H3,(H,27,32)/b16-12+/t15-,17+/m1/s1. The molecule has 0 saturated carbocycles. The van der Waals surface area contributed by atoms with E-state index in [2.05, 4.69) is 10.1 Å². The molecule has 0 bridgehead atoms. The van der Waals surface area contributed by atoms with Crippen LogP contribution in [0.1, 0.15) is 39.2 Å². The van der Waals surface area contributed by atoms with Crippen LogP contribution in [0.2, 0.25) is 0 Å². The Bertz CT molecular complexity index is 972. The Hall–Kier alpha value is -3.57. The van der Waals surface area contributed by atoms with E-state index in [1.54, 1.807) is 30.3 Å². The molecule has 1 N–H and O–H groups in total. The van der Waals surface area contributed by atoms with E-state index in [0.29, 0.717) is 10.5 Å². The number of nitrogens with zero attached hydrogens (tertiary/aromatic N) is 1. The zero-order chi connectivity index (χ0) is 26.4. The summed E-state index contributed by atoms with van der Waals surface area (Å²) >= 11 is 0. The van der Waals surface area contributed by atoms with Crippen molar-refractivity contribution in [3.8, 4) is 0 Å². The first kappa shape index (κ1) is 27.7. The van der Waals surface area contributed by atoms with Crippen LogP contribution in [-0.2, 0) is 35.2 Å². The van der Waals surface area contributed by atoms with Crippen molar-refractivity contribution in [3.05, 3.63) is 47.7 Å². The molecule has 2 amide bonds.